The number of hydrogen-bond acceptors (Lipinski definition) is 6. The van der Waals surface area contributed by atoms with Gasteiger partial charge in [0.05, 0.1) is 10.5 Å². The first-order chi connectivity index (χ1) is 14.5. The Balaban J connectivity index is 1.63. The van der Waals surface area contributed by atoms with Gasteiger partial charge >= 0.3 is 5.97 Å². The Bertz CT molecular complexity index is 916. The highest BCUT2D eigenvalue weighted by Crippen LogP contribution is 2.26. The monoisotopic (exact) mass is 411 g/mol. The number of nitrogens with one attached hydrogen (secondary N) is 1. The Kier molecular flexibility index (Phi) is 7.00. The lowest BCUT2D eigenvalue weighted by Gasteiger charge is -2.33. The number of nitro benzene ring substituents is 1. The molecule has 1 aliphatic heterocycles. The van der Waals surface area contributed by atoms with E-state index in [9.17, 15) is 19.7 Å². The van der Waals surface area contributed by atoms with Gasteiger partial charge in [-0.15, -0.1) is 0 Å². The zero-order chi connectivity index (χ0) is 21.5. The van der Waals surface area contributed by atoms with E-state index in [0.29, 0.717) is 18.8 Å². The van der Waals surface area contributed by atoms with Crippen LogP contribution in [0, 0.1) is 10.1 Å². The lowest BCUT2D eigenvalue weighted by Crippen LogP contribution is -2.44. The van der Waals surface area contributed by atoms with Crippen molar-refractivity contribution in [1.29, 1.82) is 0 Å². The molecule has 2 aromatic carbocycles. The van der Waals surface area contributed by atoms with Crippen LogP contribution in [0.15, 0.2) is 48.5 Å². The third kappa shape index (κ3) is 5.34. The molecule has 0 radical (unpaired) electrons. The van der Waals surface area contributed by atoms with Crippen LogP contribution in [0.1, 0.15) is 42.1 Å². The van der Waals surface area contributed by atoms with E-state index in [1.165, 1.54) is 18.2 Å². The van der Waals surface area contributed by atoms with E-state index in [-0.39, 0.29) is 29.8 Å². The molecular formula is C22H25N3O5. The number of amides is 1. The highest BCUT2D eigenvalue weighted by Gasteiger charge is 2.25. The molecule has 1 fully saturated rings. The van der Waals surface area contributed by atoms with Crippen LogP contribution in [0.3, 0.4) is 0 Å². The van der Waals surface area contributed by atoms with Crippen molar-refractivity contribution in [2.75, 3.05) is 18.5 Å². The molecule has 1 amide bonds. The molecule has 1 N–H and O–H groups in total. The number of nitro groups is 1. The van der Waals surface area contributed by atoms with Crippen molar-refractivity contribution in [3.63, 3.8) is 0 Å². The normalized spacial score (nSPS) is 16.0. The van der Waals surface area contributed by atoms with Gasteiger partial charge in [-0.3, -0.25) is 14.9 Å². The fourth-order valence-electron chi connectivity index (χ4n) is 3.51. The van der Waals surface area contributed by atoms with Crippen LogP contribution < -0.4 is 5.32 Å². The zero-order valence-electron chi connectivity index (χ0n) is 16.9. The van der Waals surface area contributed by atoms with Crippen LogP contribution in [0.4, 0.5) is 11.4 Å². The number of likely N-dealkylation sites (tertiary alicyclic amines) is 1. The highest BCUT2D eigenvalue weighted by molar-refractivity contribution is 5.93. The van der Waals surface area contributed by atoms with Crippen molar-refractivity contribution in [2.45, 2.75) is 38.8 Å². The molecule has 0 aromatic heterocycles. The molecule has 2 aromatic rings. The third-order valence-electron chi connectivity index (χ3n) is 5.21. The minimum Gasteiger partial charge on any atom is -0.452 e. The molecule has 1 saturated heterocycles. The second-order valence-electron chi connectivity index (χ2n) is 7.34. The first kappa shape index (κ1) is 21.3. The predicted molar refractivity (Wildman–Crippen MR) is 112 cm³/mol. The van der Waals surface area contributed by atoms with E-state index in [1.54, 1.807) is 4.90 Å². The summed E-state index contributed by atoms with van der Waals surface area (Å²) in [5.41, 5.74) is 1.09. The molecule has 8 heteroatoms. The molecule has 1 heterocycles. The Labute approximate surface area is 175 Å². The number of anilines is 1. The topological polar surface area (TPSA) is 102 Å². The van der Waals surface area contributed by atoms with Crippen molar-refractivity contribution >= 4 is 23.3 Å². The number of esters is 1. The molecule has 0 spiro atoms. The molecule has 3 rings (SSSR count). The van der Waals surface area contributed by atoms with Crippen molar-refractivity contribution in [1.82, 2.24) is 4.90 Å². The summed E-state index contributed by atoms with van der Waals surface area (Å²) >= 11 is 0. The largest absolute Gasteiger partial charge is 0.452 e. The minimum atomic E-state index is -0.759. The fourth-order valence-corrected chi connectivity index (χ4v) is 3.51. The summed E-state index contributed by atoms with van der Waals surface area (Å²) < 4.78 is 5.12. The van der Waals surface area contributed by atoms with Crippen LogP contribution in [-0.4, -0.2) is 40.9 Å². The molecule has 0 aliphatic carbocycles. The minimum absolute atomic E-state index is 0.0338. The molecule has 0 bridgehead atoms. The number of nitrogens with zero attached hydrogens (tertiary/aromatic N) is 2. The standard InChI is InChI=1S/C22H25N3O5/c1-16-7-5-6-12-24(16)21(26)15-30-22(27)18-10-11-19(20(13-18)25(28)29)23-14-17-8-3-2-4-9-17/h2-4,8-11,13,16,23H,5-7,12,14-15H2,1H3/t16-/m1/s1. The maximum atomic E-state index is 12.3. The molecular weight excluding hydrogens is 386 g/mol. The van der Waals surface area contributed by atoms with Crippen LogP contribution in [0.5, 0.6) is 0 Å². The number of hydrogen-bond donors (Lipinski definition) is 1. The van der Waals surface area contributed by atoms with Crippen molar-refractivity contribution in [3.8, 4) is 0 Å². The van der Waals surface area contributed by atoms with E-state index < -0.39 is 10.9 Å². The van der Waals surface area contributed by atoms with Gasteiger partial charge in [0.1, 0.15) is 5.69 Å². The number of benzene rings is 2. The van der Waals surface area contributed by atoms with Crippen LogP contribution in [-0.2, 0) is 16.1 Å². The van der Waals surface area contributed by atoms with E-state index in [1.807, 2.05) is 37.3 Å². The Hall–Kier alpha value is -3.42. The molecule has 30 heavy (non-hydrogen) atoms. The summed E-state index contributed by atoms with van der Waals surface area (Å²) in [6.45, 7) is 2.67. The van der Waals surface area contributed by atoms with Crippen LogP contribution in [0.25, 0.3) is 0 Å². The molecule has 0 saturated carbocycles. The van der Waals surface area contributed by atoms with Gasteiger partial charge < -0.3 is 15.0 Å². The number of ether oxygens (including phenoxy) is 1. The summed E-state index contributed by atoms with van der Waals surface area (Å²) in [5, 5.41) is 14.5. The van der Waals surface area contributed by atoms with Gasteiger partial charge in [0.15, 0.2) is 6.61 Å². The van der Waals surface area contributed by atoms with E-state index in [4.69, 9.17) is 4.74 Å². The van der Waals surface area contributed by atoms with Crippen molar-refractivity contribution in [2.24, 2.45) is 0 Å². The molecule has 1 atom stereocenters. The van der Waals surface area contributed by atoms with Gasteiger partial charge in [-0.2, -0.15) is 0 Å². The SMILES string of the molecule is C[C@@H]1CCCCN1C(=O)COC(=O)c1ccc(NCc2ccccc2)c([N+](=O)[O-])c1. The van der Waals surface area contributed by atoms with E-state index in [2.05, 4.69) is 5.32 Å². The third-order valence-corrected chi connectivity index (χ3v) is 5.21. The Morgan fingerprint density at radius 2 is 1.97 bits per heavy atom. The second-order valence-corrected chi connectivity index (χ2v) is 7.34. The van der Waals surface area contributed by atoms with Gasteiger partial charge in [0.25, 0.3) is 11.6 Å². The molecule has 8 nitrogen and oxygen atoms in total. The summed E-state index contributed by atoms with van der Waals surface area (Å²) in [6.07, 6.45) is 2.95. The van der Waals surface area contributed by atoms with Crippen LogP contribution >= 0.6 is 0 Å². The van der Waals surface area contributed by atoms with Crippen molar-refractivity contribution in [3.05, 3.63) is 69.8 Å². The highest BCUT2D eigenvalue weighted by atomic mass is 16.6. The van der Waals surface area contributed by atoms with Crippen molar-refractivity contribution < 1.29 is 19.2 Å². The fraction of sp³-hybridized carbons (Fsp3) is 0.364. The predicted octanol–water partition coefficient (Wildman–Crippen LogP) is 3.76. The number of carbonyl (C=O) groups is 2. The maximum absolute atomic E-state index is 12.3. The average molecular weight is 411 g/mol. The Morgan fingerprint density at radius 1 is 1.20 bits per heavy atom. The summed E-state index contributed by atoms with van der Waals surface area (Å²) in [6, 6.07) is 13.7. The lowest BCUT2D eigenvalue weighted by molar-refractivity contribution is -0.384. The smallest absolute Gasteiger partial charge is 0.338 e. The summed E-state index contributed by atoms with van der Waals surface area (Å²) in [5.74, 6) is -1.00. The molecule has 0 unspecified atom stereocenters. The molecule has 158 valence electrons. The Morgan fingerprint density at radius 3 is 2.67 bits per heavy atom. The van der Waals surface area contributed by atoms with Gasteiger partial charge in [0, 0.05) is 25.2 Å². The summed E-state index contributed by atoms with van der Waals surface area (Å²) in [7, 11) is 0. The van der Waals surface area contributed by atoms with E-state index in [0.717, 1.165) is 24.8 Å². The lowest BCUT2D eigenvalue weighted by atomic mass is 10.0. The van der Waals surface area contributed by atoms with Gasteiger partial charge in [-0.05, 0) is 43.9 Å². The van der Waals surface area contributed by atoms with Gasteiger partial charge in [-0.25, -0.2) is 4.79 Å². The number of piperidine rings is 1. The number of rotatable bonds is 7. The van der Waals surface area contributed by atoms with Gasteiger partial charge in [-0.1, -0.05) is 30.3 Å². The quantitative estimate of drug-likeness (QED) is 0.423. The maximum Gasteiger partial charge on any atom is 0.338 e. The number of carbonyl (C=O) groups excluding carboxylic acids is 2. The average Bonchev–Trinajstić information content (AvgIpc) is 2.76. The first-order valence-corrected chi connectivity index (χ1v) is 9.98. The second kappa shape index (κ2) is 9.87. The van der Waals surface area contributed by atoms with Gasteiger partial charge in [0.2, 0.25) is 0 Å². The first-order valence-electron chi connectivity index (χ1n) is 9.98. The summed E-state index contributed by atoms with van der Waals surface area (Å²) in [4.78, 5) is 37.3. The van der Waals surface area contributed by atoms with E-state index >= 15 is 0 Å². The van der Waals surface area contributed by atoms with Crippen LogP contribution in [0.2, 0.25) is 0 Å². The zero-order valence-corrected chi connectivity index (χ0v) is 16.9. The molecule has 1 aliphatic rings.